The summed E-state index contributed by atoms with van der Waals surface area (Å²) in [4.78, 5) is 26.8. The Labute approximate surface area is 119 Å². The summed E-state index contributed by atoms with van der Waals surface area (Å²) in [7, 11) is 1.90. The van der Waals surface area contributed by atoms with E-state index in [4.69, 9.17) is 0 Å². The quantitative estimate of drug-likeness (QED) is 0.665. The van der Waals surface area contributed by atoms with Gasteiger partial charge in [0.15, 0.2) is 0 Å². The van der Waals surface area contributed by atoms with Crippen LogP contribution in [0.2, 0.25) is 0 Å². The monoisotopic (exact) mass is 281 g/mol. The molecule has 0 unspecified atom stereocenters. The zero-order valence-electron chi connectivity index (χ0n) is 12.4. The van der Waals surface area contributed by atoms with Crippen LogP contribution in [-0.2, 0) is 11.8 Å². The van der Waals surface area contributed by atoms with Gasteiger partial charge in [-0.25, -0.2) is 9.78 Å². The second-order valence-corrected chi connectivity index (χ2v) is 5.00. The van der Waals surface area contributed by atoms with Crippen LogP contribution in [-0.4, -0.2) is 34.6 Å². The van der Waals surface area contributed by atoms with E-state index in [-0.39, 0.29) is 23.9 Å². The van der Waals surface area contributed by atoms with E-state index >= 15 is 0 Å². The Morgan fingerprint density at radius 3 is 2.45 bits per heavy atom. The lowest BCUT2D eigenvalue weighted by Crippen LogP contribution is -2.43. The first-order chi connectivity index (χ1) is 9.41. The number of aromatic nitrogens is 2. The number of hydrogen-bond donors (Lipinski definition) is 3. The van der Waals surface area contributed by atoms with Gasteiger partial charge in [0.2, 0.25) is 5.91 Å². The Bertz CT molecular complexity index is 455. The molecule has 0 spiro atoms. The molecule has 1 heterocycles. The van der Waals surface area contributed by atoms with Crippen LogP contribution in [0.3, 0.4) is 0 Å². The molecule has 112 valence electrons. The first-order valence-corrected chi connectivity index (χ1v) is 6.67. The number of carbonyl (C=O) groups is 2. The molecule has 0 radical (unpaired) electrons. The lowest BCUT2D eigenvalue weighted by molar-refractivity contribution is -0.118. The summed E-state index contributed by atoms with van der Waals surface area (Å²) in [6.07, 6.45) is 3.56. The maximum Gasteiger partial charge on any atom is 0.315 e. The van der Waals surface area contributed by atoms with Crippen molar-refractivity contribution in [1.29, 1.82) is 0 Å². The zero-order chi connectivity index (χ0) is 15.1. The number of amides is 3. The third kappa shape index (κ3) is 4.91. The van der Waals surface area contributed by atoms with Crippen molar-refractivity contribution in [3.63, 3.8) is 0 Å². The molecule has 7 heteroatoms. The molecule has 1 atom stereocenters. The highest BCUT2D eigenvalue weighted by Crippen LogP contribution is 2.19. The Kier molecular flexibility index (Phi) is 6.02. The Morgan fingerprint density at radius 2 is 1.95 bits per heavy atom. The normalized spacial score (nSPS) is 12.1. The molecule has 0 aliphatic heterocycles. The van der Waals surface area contributed by atoms with Gasteiger partial charge < -0.3 is 20.5 Å². The van der Waals surface area contributed by atoms with Crippen LogP contribution in [0.15, 0.2) is 12.4 Å². The molecule has 0 saturated carbocycles. The van der Waals surface area contributed by atoms with E-state index in [1.165, 1.54) is 6.92 Å². The number of urea groups is 1. The van der Waals surface area contributed by atoms with Crippen LogP contribution in [0.4, 0.5) is 4.79 Å². The van der Waals surface area contributed by atoms with Crippen molar-refractivity contribution in [2.75, 3.05) is 13.1 Å². The third-order valence-electron chi connectivity index (χ3n) is 2.87. The number of carbonyl (C=O) groups excluding carboxylic acids is 2. The minimum Gasteiger partial charge on any atom is -0.355 e. The second-order valence-electron chi connectivity index (χ2n) is 5.00. The van der Waals surface area contributed by atoms with Gasteiger partial charge in [-0.05, 0) is 5.92 Å². The van der Waals surface area contributed by atoms with Crippen molar-refractivity contribution in [2.45, 2.75) is 26.8 Å². The minimum atomic E-state index is -0.267. The van der Waals surface area contributed by atoms with Gasteiger partial charge in [-0.1, -0.05) is 13.8 Å². The summed E-state index contributed by atoms with van der Waals surface area (Å²) in [6.45, 7) is 6.29. The molecule has 0 aromatic carbocycles. The first-order valence-electron chi connectivity index (χ1n) is 6.67. The molecular weight excluding hydrogens is 258 g/mol. The molecule has 0 aliphatic rings. The van der Waals surface area contributed by atoms with E-state index in [2.05, 4.69) is 20.9 Å². The molecule has 7 nitrogen and oxygen atoms in total. The zero-order valence-corrected chi connectivity index (χ0v) is 12.4. The number of nitrogens with zero attached hydrogens (tertiary/aromatic N) is 2. The van der Waals surface area contributed by atoms with Crippen molar-refractivity contribution in [3.8, 4) is 0 Å². The van der Waals surface area contributed by atoms with Gasteiger partial charge in [0, 0.05) is 39.5 Å². The summed E-state index contributed by atoms with van der Waals surface area (Å²) >= 11 is 0. The highest BCUT2D eigenvalue weighted by atomic mass is 16.2. The van der Waals surface area contributed by atoms with E-state index < -0.39 is 0 Å². The number of imidazole rings is 1. The molecule has 3 amide bonds. The minimum absolute atomic E-state index is 0.111. The van der Waals surface area contributed by atoms with Gasteiger partial charge in [0.05, 0.1) is 6.04 Å². The number of rotatable bonds is 6. The summed E-state index contributed by atoms with van der Waals surface area (Å²) in [5.74, 6) is 0.925. The molecular formula is C13H23N5O2. The van der Waals surface area contributed by atoms with Crippen molar-refractivity contribution in [3.05, 3.63) is 18.2 Å². The smallest absolute Gasteiger partial charge is 0.315 e. The predicted octanol–water partition coefficient (Wildman–Crippen LogP) is 0.552. The van der Waals surface area contributed by atoms with E-state index in [0.29, 0.717) is 13.1 Å². The fourth-order valence-corrected chi connectivity index (χ4v) is 1.81. The average molecular weight is 281 g/mol. The first kappa shape index (κ1) is 16.0. The van der Waals surface area contributed by atoms with Crippen molar-refractivity contribution in [1.82, 2.24) is 25.5 Å². The largest absolute Gasteiger partial charge is 0.355 e. The van der Waals surface area contributed by atoms with Gasteiger partial charge in [-0.2, -0.15) is 0 Å². The number of aryl methyl sites for hydroxylation is 1. The molecule has 3 N–H and O–H groups in total. The highest BCUT2D eigenvalue weighted by molar-refractivity contribution is 5.75. The van der Waals surface area contributed by atoms with Gasteiger partial charge in [-0.3, -0.25) is 4.79 Å². The predicted molar refractivity (Wildman–Crippen MR) is 76.0 cm³/mol. The van der Waals surface area contributed by atoms with Gasteiger partial charge >= 0.3 is 6.03 Å². The second kappa shape index (κ2) is 7.52. The average Bonchev–Trinajstić information content (AvgIpc) is 2.77. The fourth-order valence-electron chi connectivity index (χ4n) is 1.81. The van der Waals surface area contributed by atoms with Crippen LogP contribution >= 0.6 is 0 Å². The summed E-state index contributed by atoms with van der Waals surface area (Å²) in [6, 6.07) is -0.423. The summed E-state index contributed by atoms with van der Waals surface area (Å²) in [5, 5.41) is 8.22. The van der Waals surface area contributed by atoms with E-state index in [0.717, 1.165) is 5.82 Å². The standard InChI is InChI=1S/C13H23N5O2/c1-9(2)11(12-15-7-8-18(12)4)17-13(20)16-6-5-14-10(3)19/h7-9,11H,5-6H2,1-4H3,(H,14,19)(H2,16,17,20)/t11-/m1/s1. The topological polar surface area (TPSA) is 88.1 Å². The van der Waals surface area contributed by atoms with Crippen LogP contribution < -0.4 is 16.0 Å². The molecule has 0 saturated heterocycles. The molecule has 1 rings (SSSR count). The number of hydrogen-bond acceptors (Lipinski definition) is 3. The fraction of sp³-hybridized carbons (Fsp3) is 0.615. The highest BCUT2D eigenvalue weighted by Gasteiger charge is 2.21. The Balaban J connectivity index is 2.48. The summed E-state index contributed by atoms with van der Waals surface area (Å²) < 4.78 is 1.89. The van der Waals surface area contributed by atoms with Gasteiger partial charge in [0.25, 0.3) is 0 Å². The maximum absolute atomic E-state index is 11.8. The van der Waals surface area contributed by atoms with Gasteiger partial charge in [-0.15, -0.1) is 0 Å². The van der Waals surface area contributed by atoms with Gasteiger partial charge in [0.1, 0.15) is 5.82 Å². The van der Waals surface area contributed by atoms with E-state index in [9.17, 15) is 9.59 Å². The van der Waals surface area contributed by atoms with Crippen molar-refractivity contribution >= 4 is 11.9 Å². The number of nitrogens with one attached hydrogen (secondary N) is 3. The SMILES string of the molecule is CC(=O)NCCNC(=O)N[C@@H](c1nccn1C)C(C)C. The third-order valence-corrected chi connectivity index (χ3v) is 2.87. The lowest BCUT2D eigenvalue weighted by atomic mass is 10.0. The van der Waals surface area contributed by atoms with Crippen LogP contribution in [0, 0.1) is 5.92 Å². The molecule has 20 heavy (non-hydrogen) atoms. The van der Waals surface area contributed by atoms with Crippen LogP contribution in [0.25, 0.3) is 0 Å². The molecule has 1 aromatic rings. The molecule has 1 aromatic heterocycles. The van der Waals surface area contributed by atoms with E-state index in [1.807, 2.05) is 31.7 Å². The van der Waals surface area contributed by atoms with Crippen LogP contribution in [0.1, 0.15) is 32.6 Å². The van der Waals surface area contributed by atoms with E-state index in [1.54, 1.807) is 6.20 Å². The Morgan fingerprint density at radius 1 is 1.30 bits per heavy atom. The Hall–Kier alpha value is -2.05. The van der Waals surface area contributed by atoms with Crippen molar-refractivity contribution in [2.24, 2.45) is 13.0 Å². The summed E-state index contributed by atoms with van der Waals surface area (Å²) in [5.41, 5.74) is 0. The molecule has 0 fully saturated rings. The maximum atomic E-state index is 11.8. The molecule has 0 aliphatic carbocycles. The lowest BCUT2D eigenvalue weighted by Gasteiger charge is -2.22. The van der Waals surface area contributed by atoms with Crippen molar-refractivity contribution < 1.29 is 9.59 Å². The molecule has 0 bridgehead atoms. The van der Waals surface area contributed by atoms with Crippen LogP contribution in [0.5, 0.6) is 0 Å².